The molecule has 4 N–H and O–H groups in total. The van der Waals surface area contributed by atoms with Crippen LogP contribution in [-0.2, 0) is 14.3 Å². The molecule has 1 atom stereocenters. The molecule has 12 heteroatoms. The maximum Gasteiger partial charge on any atom is 0.277 e. The highest BCUT2D eigenvalue weighted by molar-refractivity contribution is 7.99. The fraction of sp³-hybridized carbons (Fsp3) is 0.389. The van der Waals surface area contributed by atoms with Crippen LogP contribution in [0.5, 0.6) is 0 Å². The lowest BCUT2D eigenvalue weighted by Crippen LogP contribution is -2.33. The zero-order chi connectivity index (χ0) is 21.5. The molecular formula is C18H21N5O5S2. The number of thioether (sulfide) groups is 1. The van der Waals surface area contributed by atoms with Gasteiger partial charge in [-0.25, -0.2) is 4.98 Å². The predicted molar refractivity (Wildman–Crippen MR) is 114 cm³/mol. The summed E-state index contributed by atoms with van der Waals surface area (Å²) in [5.74, 6) is -1.23. The van der Waals surface area contributed by atoms with Crippen LogP contribution in [0.4, 0.5) is 11.5 Å². The van der Waals surface area contributed by atoms with Gasteiger partial charge in [0, 0.05) is 20.1 Å². The van der Waals surface area contributed by atoms with E-state index >= 15 is 0 Å². The van der Waals surface area contributed by atoms with Crippen LogP contribution < -0.4 is 21.5 Å². The summed E-state index contributed by atoms with van der Waals surface area (Å²) in [7, 11) is 0. The Kier molecular flexibility index (Phi) is 7.60. The van der Waals surface area contributed by atoms with Crippen LogP contribution in [0.15, 0.2) is 27.5 Å². The Morgan fingerprint density at radius 2 is 2.20 bits per heavy atom. The molecule has 10 nitrogen and oxygen atoms in total. The Morgan fingerprint density at radius 1 is 1.37 bits per heavy atom. The molecule has 0 aliphatic carbocycles. The van der Waals surface area contributed by atoms with Gasteiger partial charge in [0.05, 0.1) is 16.7 Å². The number of nitrogens with zero attached hydrogens (tertiary/aromatic N) is 1. The van der Waals surface area contributed by atoms with Gasteiger partial charge < -0.3 is 20.7 Å². The number of carbonyl (C=O) groups excluding carboxylic acids is 3. The second-order valence-electron chi connectivity index (χ2n) is 6.44. The summed E-state index contributed by atoms with van der Waals surface area (Å²) in [6.07, 6.45) is 1.94. The van der Waals surface area contributed by atoms with Gasteiger partial charge in [-0.2, -0.15) is 0 Å². The third kappa shape index (κ3) is 6.15. The molecule has 1 saturated heterocycles. The average Bonchev–Trinajstić information content (AvgIpc) is 3.40. The van der Waals surface area contributed by atoms with Crippen molar-refractivity contribution in [2.75, 3.05) is 29.5 Å². The highest BCUT2D eigenvalue weighted by Crippen LogP contribution is 2.21. The summed E-state index contributed by atoms with van der Waals surface area (Å²) >= 11 is 2.22. The molecule has 2 aromatic rings. The van der Waals surface area contributed by atoms with E-state index in [9.17, 15) is 19.2 Å². The number of hydrogen-bond acceptors (Lipinski definition) is 8. The van der Waals surface area contributed by atoms with Crippen molar-refractivity contribution in [1.82, 2.24) is 15.3 Å². The molecule has 3 heterocycles. The van der Waals surface area contributed by atoms with E-state index in [0.717, 1.165) is 24.6 Å². The number of thiophene rings is 1. The van der Waals surface area contributed by atoms with Gasteiger partial charge in [0.2, 0.25) is 11.8 Å². The average molecular weight is 452 g/mol. The normalized spacial score (nSPS) is 15.6. The lowest BCUT2D eigenvalue weighted by molar-refractivity contribution is -0.119. The van der Waals surface area contributed by atoms with Crippen LogP contribution >= 0.6 is 23.1 Å². The largest absolute Gasteiger partial charge is 0.376 e. The lowest BCUT2D eigenvalue weighted by atomic mass is 10.2. The number of nitrogens with one attached hydrogen (secondary N) is 4. The first-order valence-corrected chi connectivity index (χ1v) is 11.1. The molecule has 0 bridgehead atoms. The quantitative estimate of drug-likeness (QED) is 0.351. The topological polar surface area (TPSA) is 142 Å². The van der Waals surface area contributed by atoms with Crippen molar-refractivity contribution in [3.05, 3.63) is 32.7 Å². The molecule has 3 rings (SSSR count). The van der Waals surface area contributed by atoms with E-state index in [4.69, 9.17) is 4.74 Å². The maximum absolute atomic E-state index is 12.5. The highest BCUT2D eigenvalue weighted by Gasteiger charge is 2.19. The van der Waals surface area contributed by atoms with E-state index in [1.165, 1.54) is 18.3 Å². The van der Waals surface area contributed by atoms with Crippen molar-refractivity contribution in [3.8, 4) is 0 Å². The number of H-pyrrole nitrogens is 1. The third-order valence-electron chi connectivity index (χ3n) is 4.07. The van der Waals surface area contributed by atoms with Gasteiger partial charge in [-0.3, -0.25) is 24.2 Å². The van der Waals surface area contributed by atoms with Crippen LogP contribution in [0.25, 0.3) is 0 Å². The molecular weight excluding hydrogens is 430 g/mol. The highest BCUT2D eigenvalue weighted by atomic mass is 32.2. The number of hydrogen-bond donors (Lipinski definition) is 4. The Morgan fingerprint density at radius 3 is 2.87 bits per heavy atom. The van der Waals surface area contributed by atoms with Gasteiger partial charge in [-0.1, -0.05) is 17.8 Å². The van der Waals surface area contributed by atoms with Crippen molar-refractivity contribution in [1.29, 1.82) is 0 Å². The van der Waals surface area contributed by atoms with Crippen molar-refractivity contribution >= 4 is 52.3 Å². The van der Waals surface area contributed by atoms with E-state index in [1.54, 1.807) is 17.5 Å². The minimum Gasteiger partial charge on any atom is -0.376 e. The van der Waals surface area contributed by atoms with Crippen molar-refractivity contribution in [2.24, 2.45) is 0 Å². The SMILES string of the molecule is CC(=O)Nc1nc(SCC(=O)NC[C@@H]2CCCO2)[nH]c(=O)c1NC(=O)c1cccs1. The summed E-state index contributed by atoms with van der Waals surface area (Å²) in [6, 6.07) is 3.32. The number of aromatic nitrogens is 2. The number of rotatable bonds is 8. The minimum absolute atomic E-state index is 0.0239. The van der Waals surface area contributed by atoms with Gasteiger partial charge in [-0.05, 0) is 24.3 Å². The third-order valence-corrected chi connectivity index (χ3v) is 5.81. The number of amides is 3. The maximum atomic E-state index is 12.5. The zero-order valence-corrected chi connectivity index (χ0v) is 17.8. The smallest absolute Gasteiger partial charge is 0.277 e. The first-order chi connectivity index (χ1) is 14.4. The van der Waals surface area contributed by atoms with E-state index < -0.39 is 17.4 Å². The van der Waals surface area contributed by atoms with Crippen LogP contribution in [-0.4, -0.2) is 52.7 Å². The summed E-state index contributed by atoms with van der Waals surface area (Å²) < 4.78 is 5.45. The first kappa shape index (κ1) is 22.0. The molecule has 1 fully saturated rings. The summed E-state index contributed by atoms with van der Waals surface area (Å²) in [4.78, 5) is 55.4. The summed E-state index contributed by atoms with van der Waals surface area (Å²) in [5, 5.41) is 9.58. The fourth-order valence-electron chi connectivity index (χ4n) is 2.69. The summed E-state index contributed by atoms with van der Waals surface area (Å²) in [5.41, 5.74) is -0.809. The molecule has 30 heavy (non-hydrogen) atoms. The Bertz CT molecular complexity index is 970. The zero-order valence-electron chi connectivity index (χ0n) is 16.1. The van der Waals surface area contributed by atoms with E-state index in [2.05, 4.69) is 25.9 Å². The van der Waals surface area contributed by atoms with E-state index in [-0.39, 0.29) is 34.4 Å². The number of aromatic amines is 1. The van der Waals surface area contributed by atoms with E-state index in [0.29, 0.717) is 18.0 Å². The Hall–Kier alpha value is -2.70. The number of anilines is 2. The van der Waals surface area contributed by atoms with Crippen molar-refractivity contribution < 1.29 is 19.1 Å². The number of ether oxygens (including phenoxy) is 1. The van der Waals surface area contributed by atoms with Crippen LogP contribution in [0.2, 0.25) is 0 Å². The molecule has 0 saturated carbocycles. The molecule has 1 aliphatic rings. The predicted octanol–water partition coefficient (Wildman–Crippen LogP) is 1.43. The van der Waals surface area contributed by atoms with Gasteiger partial charge >= 0.3 is 0 Å². The minimum atomic E-state index is -0.638. The Labute approximate surface area is 180 Å². The molecule has 1 aliphatic heterocycles. The second-order valence-corrected chi connectivity index (χ2v) is 8.35. The molecule has 2 aromatic heterocycles. The van der Waals surface area contributed by atoms with E-state index in [1.807, 2.05) is 0 Å². The number of carbonyl (C=O) groups is 3. The lowest BCUT2D eigenvalue weighted by Gasteiger charge is -2.12. The molecule has 0 aromatic carbocycles. The van der Waals surface area contributed by atoms with Gasteiger partial charge in [0.15, 0.2) is 16.7 Å². The van der Waals surface area contributed by atoms with Crippen LogP contribution in [0, 0.1) is 0 Å². The molecule has 0 unspecified atom stereocenters. The van der Waals surface area contributed by atoms with Gasteiger partial charge in [-0.15, -0.1) is 11.3 Å². The molecule has 160 valence electrons. The molecule has 3 amide bonds. The van der Waals surface area contributed by atoms with Crippen LogP contribution in [0.1, 0.15) is 29.4 Å². The molecule has 0 spiro atoms. The fourth-order valence-corrected chi connectivity index (χ4v) is 4.00. The molecule has 0 radical (unpaired) electrons. The van der Waals surface area contributed by atoms with Crippen molar-refractivity contribution in [3.63, 3.8) is 0 Å². The monoisotopic (exact) mass is 451 g/mol. The summed E-state index contributed by atoms with van der Waals surface area (Å²) in [6.45, 7) is 2.41. The Balaban J connectivity index is 1.67. The standard InChI is InChI=1S/C18H21N5O5S2/c1-10(24)20-15-14(21-16(26)12-5-3-7-29-12)17(27)23-18(22-15)30-9-13(25)19-8-11-4-2-6-28-11/h3,5,7,11H,2,4,6,8-9H2,1H3,(H,19,25)(H,21,26)(H2,20,22,23,24,27)/t11-/m0/s1. The van der Waals surface area contributed by atoms with Gasteiger partial charge in [0.1, 0.15) is 0 Å². The van der Waals surface area contributed by atoms with Crippen LogP contribution in [0.3, 0.4) is 0 Å². The first-order valence-electron chi connectivity index (χ1n) is 9.20. The van der Waals surface area contributed by atoms with Crippen molar-refractivity contribution in [2.45, 2.75) is 31.0 Å². The van der Waals surface area contributed by atoms with Gasteiger partial charge in [0.25, 0.3) is 11.5 Å². The second kappa shape index (κ2) is 10.4.